The molecule has 0 amide bonds. The average Bonchev–Trinajstić information content (AvgIpc) is 1.13. The number of anilines is 6. The Morgan fingerprint density at radius 2 is 0.655 bits per heavy atom. The molecule has 7 heteroatoms. The summed E-state index contributed by atoms with van der Waals surface area (Å²) in [7, 11) is 0. The lowest BCUT2D eigenvalue weighted by atomic mass is 9.33. The normalized spacial score (nSPS) is 13.4. The maximum atomic E-state index is 10.6. The summed E-state index contributed by atoms with van der Waals surface area (Å²) in [5.74, 6) is 0. The van der Waals surface area contributed by atoms with Gasteiger partial charge < -0.3 is 23.2 Å². The van der Waals surface area contributed by atoms with Crippen LogP contribution in [-0.4, -0.2) is 11.3 Å². The summed E-state index contributed by atoms with van der Waals surface area (Å²) < 4.78 is 17.9. The maximum Gasteiger partial charge on any atom is 0.252 e. The second-order valence-corrected chi connectivity index (χ2v) is 39.0. The lowest BCUT2D eigenvalue weighted by Crippen LogP contribution is -2.61. The number of rotatable bonds is 8. The van der Waals surface area contributed by atoms with E-state index in [0.717, 1.165) is 155 Å². The fourth-order valence-corrected chi connectivity index (χ4v) is 18.2. The predicted octanol–water partition coefficient (Wildman–Crippen LogP) is 28.7. The monoisotopic (exact) mass is 1510 g/mol. The highest BCUT2D eigenvalue weighted by atomic mass is 16.3. The van der Waals surface area contributed by atoms with Crippen LogP contribution in [0, 0.1) is 11.3 Å². The molecule has 0 atom stereocenters. The second-order valence-electron chi connectivity index (χ2n) is 39.0. The number of aromatic nitrogens is 1. The minimum Gasteiger partial charge on any atom is -0.453 e. The van der Waals surface area contributed by atoms with Crippen molar-refractivity contribution >= 4 is 123 Å². The van der Waals surface area contributed by atoms with Gasteiger partial charge in [-0.05, 0) is 200 Å². The third-order valence-electron chi connectivity index (χ3n) is 24.9. The molecule has 6 nitrogen and oxygen atoms in total. The highest BCUT2D eigenvalue weighted by molar-refractivity contribution is 7.00. The molecular formula is C109H99BN4O2. The first kappa shape index (κ1) is 73.8. The van der Waals surface area contributed by atoms with Crippen molar-refractivity contribution in [1.82, 2.24) is 4.57 Å². The molecule has 5 heterocycles. The van der Waals surface area contributed by atoms with Crippen LogP contribution >= 0.6 is 0 Å². The lowest BCUT2D eigenvalue weighted by molar-refractivity contribution is 0.568. The third-order valence-corrected chi connectivity index (χ3v) is 24.9. The summed E-state index contributed by atoms with van der Waals surface area (Å²) in [4.78, 5) is 5.15. The molecule has 2 aliphatic rings. The zero-order chi connectivity index (χ0) is 80.8. The SMILES string of the molecule is CC(C)(C)c1cccc(-c2ccc(-c3cccc4c3oc3c(N5c6cc(-c7cc(C(C)(C)C)cc(C(C)(C)C)c7)ccc6B6c7ccc(-n8c9ccc(C#N)cc9c9cc(C(C)(C)C)ccc98)cc7N(c7cccc8c7oc7c(-c9ccccc9)cccc78)c7cc(-c8cc(C(C)(C)C)cc(C(C)(C)C)c8)cc5c76)cccc34)cc2)c1. The second kappa shape index (κ2) is 26.3. The molecule has 17 aromatic rings. The first-order valence-electron chi connectivity index (χ1n) is 41.3. The Labute approximate surface area is 683 Å². The van der Waals surface area contributed by atoms with Crippen LogP contribution in [0.5, 0.6) is 0 Å². The minimum absolute atomic E-state index is 0.0205. The van der Waals surface area contributed by atoms with Crippen LogP contribution in [-0.2, 0) is 32.5 Å². The molecule has 0 N–H and O–H groups in total. The van der Waals surface area contributed by atoms with Gasteiger partial charge in [-0.15, -0.1) is 0 Å². The highest BCUT2D eigenvalue weighted by Gasteiger charge is 2.46. The maximum absolute atomic E-state index is 10.6. The Bertz CT molecular complexity index is 6910. The largest absolute Gasteiger partial charge is 0.453 e. The summed E-state index contributed by atoms with van der Waals surface area (Å²) in [5.41, 5.74) is 34.6. The van der Waals surface area contributed by atoms with Gasteiger partial charge in [-0.25, -0.2) is 0 Å². The van der Waals surface area contributed by atoms with Gasteiger partial charge in [0.15, 0.2) is 11.2 Å². The van der Waals surface area contributed by atoms with Crippen molar-refractivity contribution in [2.45, 2.75) is 157 Å². The van der Waals surface area contributed by atoms with Crippen LogP contribution in [0.3, 0.4) is 0 Å². The molecule has 116 heavy (non-hydrogen) atoms. The fourth-order valence-electron chi connectivity index (χ4n) is 18.2. The van der Waals surface area contributed by atoms with E-state index < -0.39 is 0 Å². The summed E-state index contributed by atoms with van der Waals surface area (Å²) in [6.45, 7) is 41.4. The number of hydrogen-bond acceptors (Lipinski definition) is 5. The zero-order valence-electron chi connectivity index (χ0n) is 70.2. The number of hydrogen-bond donors (Lipinski definition) is 0. The molecule has 0 unspecified atom stereocenters. The quantitative estimate of drug-likeness (QED) is 0.142. The summed E-state index contributed by atoms with van der Waals surface area (Å²) in [5, 5.41) is 16.9. The van der Waals surface area contributed by atoms with Crippen molar-refractivity contribution < 1.29 is 8.83 Å². The van der Waals surface area contributed by atoms with Crippen molar-refractivity contribution in [2.75, 3.05) is 9.80 Å². The molecule has 3 aromatic heterocycles. The van der Waals surface area contributed by atoms with Gasteiger partial charge in [0, 0.05) is 71.9 Å². The topological polar surface area (TPSA) is 61.5 Å². The Morgan fingerprint density at radius 3 is 1.17 bits per heavy atom. The molecule has 2 aliphatic heterocycles. The van der Waals surface area contributed by atoms with Crippen LogP contribution in [0.1, 0.15) is 164 Å². The number of para-hydroxylation sites is 4. The van der Waals surface area contributed by atoms with Crippen LogP contribution in [0.25, 0.3) is 127 Å². The highest BCUT2D eigenvalue weighted by Crippen LogP contribution is 2.54. The predicted molar refractivity (Wildman–Crippen MR) is 493 cm³/mol. The Morgan fingerprint density at radius 1 is 0.267 bits per heavy atom. The lowest BCUT2D eigenvalue weighted by Gasteiger charge is -2.44. The van der Waals surface area contributed by atoms with Crippen LogP contribution < -0.4 is 26.2 Å². The average molecular weight is 1510 g/mol. The van der Waals surface area contributed by atoms with Gasteiger partial charge in [-0.2, -0.15) is 5.26 Å². The number of benzene rings is 14. The molecule has 0 fully saturated rings. The van der Waals surface area contributed by atoms with Crippen LogP contribution in [0.2, 0.25) is 0 Å². The Balaban J connectivity index is 0.938. The van der Waals surface area contributed by atoms with Gasteiger partial charge in [-0.1, -0.05) is 325 Å². The van der Waals surface area contributed by atoms with E-state index in [9.17, 15) is 5.26 Å². The summed E-state index contributed by atoms with van der Waals surface area (Å²) >= 11 is 0. The van der Waals surface area contributed by atoms with Crippen molar-refractivity contribution in [3.63, 3.8) is 0 Å². The first-order chi connectivity index (χ1) is 55.2. The van der Waals surface area contributed by atoms with Gasteiger partial charge in [0.2, 0.25) is 0 Å². The van der Waals surface area contributed by atoms with Crippen molar-refractivity contribution in [3.05, 3.63) is 312 Å². The van der Waals surface area contributed by atoms with Crippen LogP contribution in [0.4, 0.5) is 34.1 Å². The van der Waals surface area contributed by atoms with Gasteiger partial charge in [-0.3, -0.25) is 0 Å². The van der Waals surface area contributed by atoms with E-state index in [1.807, 2.05) is 6.07 Å². The molecule has 0 saturated carbocycles. The first-order valence-corrected chi connectivity index (χ1v) is 41.3. The van der Waals surface area contributed by atoms with E-state index >= 15 is 0 Å². The van der Waals surface area contributed by atoms with E-state index in [0.29, 0.717) is 5.56 Å². The minimum atomic E-state index is -0.308. The summed E-state index contributed by atoms with van der Waals surface area (Å²) in [6.07, 6.45) is 0. The van der Waals surface area contributed by atoms with E-state index in [-0.39, 0.29) is 39.2 Å². The van der Waals surface area contributed by atoms with E-state index in [4.69, 9.17) is 8.83 Å². The number of furan rings is 2. The summed E-state index contributed by atoms with van der Waals surface area (Å²) in [6, 6.07) is 105. The molecule has 0 bridgehead atoms. The van der Waals surface area contributed by atoms with Crippen LogP contribution in [0.15, 0.2) is 282 Å². The van der Waals surface area contributed by atoms with Gasteiger partial charge in [0.1, 0.15) is 11.2 Å². The van der Waals surface area contributed by atoms with E-state index in [1.54, 1.807) is 0 Å². The van der Waals surface area contributed by atoms with Gasteiger partial charge in [0.05, 0.1) is 34.0 Å². The third kappa shape index (κ3) is 12.3. The van der Waals surface area contributed by atoms with Crippen molar-refractivity contribution in [1.29, 1.82) is 5.26 Å². The molecule has 0 aliphatic carbocycles. The van der Waals surface area contributed by atoms with Crippen molar-refractivity contribution in [2.24, 2.45) is 0 Å². The molecule has 570 valence electrons. The van der Waals surface area contributed by atoms with E-state index in [1.165, 1.54) is 55.5 Å². The molecular weight excluding hydrogens is 1410 g/mol. The fraction of sp³-hybridized carbons (Fsp3) is 0.220. The molecule has 0 saturated heterocycles. The molecule has 19 rings (SSSR count). The van der Waals surface area contributed by atoms with Gasteiger partial charge in [0.25, 0.3) is 6.71 Å². The number of nitriles is 1. The number of fused-ring (bicyclic) bond motifs is 13. The molecule has 0 spiro atoms. The standard InChI is InChI=1S/C109H99BN4O2/c1-104(2,3)74-30-22-29-69(52-74)66-40-42-68(43-41-66)82-32-24-34-84-86-35-25-37-93(102(86)116-101(82)84)113-95-57-70(71-53-76(106(7,8)9)60-77(54-71)107(10,11)12)44-47-89(95)110-90-48-46-80(112-91-49-39-65(64-111)51-87(91)88-62-75(105(4,5)6)45-50-92(88)112)63-96(90)114(94-38-26-36-85-83-33-23-31-81(100(83)115-103(85)94)67-27-20-19-21-28-67)98-59-73(58-97(113)99(98)110)72-55-78(108(13,14)15)61-79(56-72)109(16,17)18/h19-63H,1-18H3. The Kier molecular flexibility index (Phi) is 16.8. The molecule has 0 radical (unpaired) electrons. The van der Waals surface area contributed by atoms with Crippen molar-refractivity contribution in [3.8, 4) is 67.4 Å². The Hall–Kier alpha value is -12.4. The smallest absolute Gasteiger partial charge is 0.252 e. The molecule has 14 aromatic carbocycles. The van der Waals surface area contributed by atoms with E-state index in [2.05, 4.69) is 412 Å². The number of nitrogens with zero attached hydrogens (tertiary/aromatic N) is 4. The zero-order valence-corrected chi connectivity index (χ0v) is 70.2. The van der Waals surface area contributed by atoms with Gasteiger partial charge >= 0.3 is 0 Å².